The van der Waals surface area contributed by atoms with E-state index in [1.807, 2.05) is 22.6 Å². The predicted octanol–water partition coefficient (Wildman–Crippen LogP) is 2.54. The van der Waals surface area contributed by atoms with Crippen molar-refractivity contribution in [1.82, 2.24) is 9.78 Å². The number of nitrogens with two attached hydrogens (primary N) is 1. The zero-order valence-electron chi connectivity index (χ0n) is 8.42. The standard InChI is InChI=1S/C10H7F3IN3/c11-6-2-8(13)7(12)1-5(6)4-17-10(15)9(14)3-16-17/h1-3H,4,15H2. The topological polar surface area (TPSA) is 43.8 Å². The van der Waals surface area contributed by atoms with Gasteiger partial charge in [-0.3, -0.25) is 0 Å². The van der Waals surface area contributed by atoms with Gasteiger partial charge in [0.05, 0.1) is 16.3 Å². The fourth-order valence-corrected chi connectivity index (χ4v) is 1.75. The van der Waals surface area contributed by atoms with Crippen LogP contribution >= 0.6 is 22.6 Å². The maximum atomic E-state index is 13.4. The van der Waals surface area contributed by atoms with E-state index in [1.165, 1.54) is 10.9 Å². The van der Waals surface area contributed by atoms with E-state index < -0.39 is 17.5 Å². The lowest BCUT2D eigenvalue weighted by molar-refractivity contribution is 0.486. The zero-order chi connectivity index (χ0) is 12.6. The number of nitrogens with zero attached hydrogens (tertiary/aromatic N) is 2. The Bertz CT molecular complexity index is 568. The summed E-state index contributed by atoms with van der Waals surface area (Å²) in [6.07, 6.45) is 1.51. The summed E-state index contributed by atoms with van der Waals surface area (Å²) in [5, 5.41) is 3.91. The molecule has 2 rings (SSSR count). The molecule has 0 unspecified atom stereocenters. The van der Waals surface area contributed by atoms with Crippen LogP contribution in [0.25, 0.3) is 0 Å². The molecule has 7 heteroatoms. The van der Waals surface area contributed by atoms with E-state index >= 15 is 0 Å². The first-order valence-electron chi connectivity index (χ1n) is 4.59. The lowest BCUT2D eigenvalue weighted by Gasteiger charge is -2.06. The van der Waals surface area contributed by atoms with Gasteiger partial charge in [-0.05, 0) is 28.7 Å². The number of aromatic nitrogens is 2. The molecule has 2 aromatic rings. The van der Waals surface area contributed by atoms with E-state index in [1.54, 1.807) is 0 Å². The van der Waals surface area contributed by atoms with Crippen molar-refractivity contribution < 1.29 is 13.2 Å². The lowest BCUT2D eigenvalue weighted by Crippen LogP contribution is -2.08. The van der Waals surface area contributed by atoms with Gasteiger partial charge in [0, 0.05) is 11.6 Å². The van der Waals surface area contributed by atoms with Crippen molar-refractivity contribution in [2.24, 2.45) is 0 Å². The third-order valence-electron chi connectivity index (χ3n) is 2.24. The Morgan fingerprint density at radius 2 is 1.82 bits per heavy atom. The molecule has 17 heavy (non-hydrogen) atoms. The summed E-state index contributed by atoms with van der Waals surface area (Å²) in [6.45, 7) is -0.0438. The molecule has 0 saturated carbocycles. The fraction of sp³-hybridized carbons (Fsp3) is 0.100. The molecule has 0 saturated heterocycles. The first kappa shape index (κ1) is 12.2. The van der Waals surface area contributed by atoms with Crippen LogP contribution in [-0.2, 0) is 6.54 Å². The summed E-state index contributed by atoms with van der Waals surface area (Å²) in [6, 6.07) is 1.31. The molecule has 0 bridgehead atoms. The van der Waals surface area contributed by atoms with Gasteiger partial charge in [-0.1, -0.05) is 0 Å². The predicted molar refractivity (Wildman–Crippen MR) is 64.8 cm³/mol. The number of hydrogen-bond donors (Lipinski definition) is 1. The number of nitrogen functional groups attached to an aromatic ring is 1. The molecule has 3 nitrogen and oxygen atoms in total. The van der Waals surface area contributed by atoms with Crippen LogP contribution in [0, 0.1) is 21.0 Å². The van der Waals surface area contributed by atoms with Gasteiger partial charge in [0.25, 0.3) is 0 Å². The molecule has 0 amide bonds. The van der Waals surface area contributed by atoms with Crippen molar-refractivity contribution in [2.45, 2.75) is 6.54 Å². The molecule has 90 valence electrons. The number of halogens is 4. The van der Waals surface area contributed by atoms with Gasteiger partial charge < -0.3 is 5.73 Å². The van der Waals surface area contributed by atoms with Gasteiger partial charge in [0.15, 0.2) is 11.6 Å². The van der Waals surface area contributed by atoms with Crippen molar-refractivity contribution in [3.8, 4) is 0 Å². The molecular weight excluding hydrogens is 346 g/mol. The highest BCUT2D eigenvalue weighted by atomic mass is 127. The van der Waals surface area contributed by atoms with E-state index in [0.717, 1.165) is 6.07 Å². The Hall–Kier alpha value is -1.25. The number of benzene rings is 1. The average molecular weight is 353 g/mol. The molecule has 0 spiro atoms. The van der Waals surface area contributed by atoms with Crippen LogP contribution < -0.4 is 5.73 Å². The van der Waals surface area contributed by atoms with Crippen molar-refractivity contribution >= 4 is 28.4 Å². The maximum Gasteiger partial charge on any atom is 0.161 e. The van der Waals surface area contributed by atoms with Gasteiger partial charge >= 0.3 is 0 Å². The third-order valence-corrected chi connectivity index (χ3v) is 3.07. The minimum Gasteiger partial charge on any atom is -0.383 e. The summed E-state index contributed by atoms with van der Waals surface area (Å²) < 4.78 is 41.1. The SMILES string of the molecule is Nc1c(I)cnn1Cc1cc(F)c(F)cc1F. The van der Waals surface area contributed by atoms with Crippen LogP contribution in [-0.4, -0.2) is 9.78 Å². The highest BCUT2D eigenvalue weighted by molar-refractivity contribution is 14.1. The first-order chi connectivity index (χ1) is 7.99. The molecule has 1 aromatic carbocycles. The molecule has 0 fully saturated rings. The Morgan fingerprint density at radius 1 is 1.18 bits per heavy atom. The average Bonchev–Trinajstić information content (AvgIpc) is 2.58. The molecule has 1 heterocycles. The van der Waals surface area contributed by atoms with E-state index in [4.69, 9.17) is 5.73 Å². The number of hydrogen-bond acceptors (Lipinski definition) is 2. The Kier molecular flexibility index (Phi) is 3.27. The Morgan fingerprint density at radius 3 is 2.41 bits per heavy atom. The molecule has 0 aliphatic carbocycles. The van der Waals surface area contributed by atoms with Crippen LogP contribution in [0.1, 0.15) is 5.56 Å². The fourth-order valence-electron chi connectivity index (χ4n) is 1.34. The van der Waals surface area contributed by atoms with Crippen LogP contribution in [0.3, 0.4) is 0 Å². The summed E-state index contributed by atoms with van der Waals surface area (Å²) in [5.41, 5.74) is 5.67. The van der Waals surface area contributed by atoms with Crippen LogP contribution in [0.4, 0.5) is 19.0 Å². The van der Waals surface area contributed by atoms with E-state index in [0.29, 0.717) is 15.5 Å². The second-order valence-electron chi connectivity index (χ2n) is 3.39. The number of anilines is 1. The van der Waals surface area contributed by atoms with Crippen LogP contribution in [0.5, 0.6) is 0 Å². The minimum atomic E-state index is -1.21. The van der Waals surface area contributed by atoms with Crippen molar-refractivity contribution in [2.75, 3.05) is 5.73 Å². The minimum absolute atomic E-state index is 0.00454. The monoisotopic (exact) mass is 353 g/mol. The van der Waals surface area contributed by atoms with Crippen molar-refractivity contribution in [3.63, 3.8) is 0 Å². The van der Waals surface area contributed by atoms with Gasteiger partial charge in [0.2, 0.25) is 0 Å². The second kappa shape index (κ2) is 4.55. The van der Waals surface area contributed by atoms with Gasteiger partial charge in [-0.25, -0.2) is 17.9 Å². The first-order valence-corrected chi connectivity index (χ1v) is 5.67. The third kappa shape index (κ3) is 2.38. The maximum absolute atomic E-state index is 13.4. The molecule has 0 aliphatic rings. The highest BCUT2D eigenvalue weighted by Gasteiger charge is 2.12. The van der Waals surface area contributed by atoms with E-state index in [2.05, 4.69) is 5.10 Å². The molecular formula is C10H7F3IN3. The second-order valence-corrected chi connectivity index (χ2v) is 4.56. The van der Waals surface area contributed by atoms with Gasteiger partial charge in [-0.15, -0.1) is 0 Å². The van der Waals surface area contributed by atoms with E-state index in [9.17, 15) is 13.2 Å². The quantitative estimate of drug-likeness (QED) is 0.666. The van der Waals surface area contributed by atoms with Gasteiger partial charge in [-0.2, -0.15) is 5.10 Å². The largest absolute Gasteiger partial charge is 0.383 e. The summed E-state index contributed by atoms with van der Waals surface area (Å²) in [5.74, 6) is -2.78. The van der Waals surface area contributed by atoms with Gasteiger partial charge in [0.1, 0.15) is 11.6 Å². The Balaban J connectivity index is 2.36. The highest BCUT2D eigenvalue weighted by Crippen LogP contribution is 2.18. The smallest absolute Gasteiger partial charge is 0.161 e. The van der Waals surface area contributed by atoms with Crippen molar-refractivity contribution in [1.29, 1.82) is 0 Å². The van der Waals surface area contributed by atoms with Crippen molar-refractivity contribution in [3.05, 3.63) is 44.9 Å². The summed E-state index contributed by atoms with van der Waals surface area (Å²) in [4.78, 5) is 0. The Labute approximate surface area is 109 Å². The summed E-state index contributed by atoms with van der Waals surface area (Å²) >= 11 is 1.97. The molecule has 1 aromatic heterocycles. The number of rotatable bonds is 2. The molecule has 0 aliphatic heterocycles. The summed E-state index contributed by atoms with van der Waals surface area (Å²) in [7, 11) is 0. The van der Waals surface area contributed by atoms with Crippen LogP contribution in [0.15, 0.2) is 18.3 Å². The van der Waals surface area contributed by atoms with Crippen LogP contribution in [0.2, 0.25) is 0 Å². The molecule has 0 radical (unpaired) electrons. The zero-order valence-corrected chi connectivity index (χ0v) is 10.6. The normalized spacial score (nSPS) is 10.8. The van der Waals surface area contributed by atoms with E-state index in [-0.39, 0.29) is 12.1 Å². The lowest BCUT2D eigenvalue weighted by atomic mass is 10.2. The molecule has 0 atom stereocenters. The molecule has 2 N–H and O–H groups in total.